The van der Waals surface area contributed by atoms with Gasteiger partial charge in [-0.05, 0) is 18.8 Å². The topological polar surface area (TPSA) is 37.3 Å². The van der Waals surface area contributed by atoms with Crippen LogP contribution in [0.4, 0.5) is 0 Å². The van der Waals surface area contributed by atoms with E-state index in [9.17, 15) is 4.79 Å². The molecule has 1 fully saturated rings. The number of hydrogen-bond acceptors (Lipinski definition) is 1. The summed E-state index contributed by atoms with van der Waals surface area (Å²) in [6, 6.07) is 0. The minimum absolute atomic E-state index is 0. The summed E-state index contributed by atoms with van der Waals surface area (Å²) in [7, 11) is 0. The Kier molecular flexibility index (Phi) is 3.08. The van der Waals surface area contributed by atoms with Gasteiger partial charge in [0, 0.05) is 23.2 Å². The van der Waals surface area contributed by atoms with Gasteiger partial charge in [0.2, 0.25) is 0 Å². The van der Waals surface area contributed by atoms with Crippen molar-refractivity contribution >= 4 is 5.97 Å². The minimum atomic E-state index is -0.650. The summed E-state index contributed by atoms with van der Waals surface area (Å²) < 4.78 is 0. The molecule has 0 aromatic rings. The molecular weight excluding hydrogens is 151 g/mol. The molecule has 0 atom stereocenters. The Bertz CT molecular complexity index is 88.4. The summed E-state index contributed by atoms with van der Waals surface area (Å²) in [6.45, 7) is 0. The van der Waals surface area contributed by atoms with Crippen molar-refractivity contribution in [2.45, 2.75) is 19.3 Å². The summed E-state index contributed by atoms with van der Waals surface area (Å²) in [5.41, 5.74) is 0. The van der Waals surface area contributed by atoms with Gasteiger partial charge < -0.3 is 5.11 Å². The van der Waals surface area contributed by atoms with Crippen LogP contribution in [-0.4, -0.2) is 11.1 Å². The molecule has 0 aromatic carbocycles. The zero-order chi connectivity index (χ0) is 5.28. The Morgan fingerprint density at radius 3 is 2.25 bits per heavy atom. The third-order valence-corrected chi connectivity index (χ3v) is 1.16. The largest absolute Gasteiger partial charge is 0.481 e. The molecule has 1 aliphatic rings. The van der Waals surface area contributed by atoms with Crippen LogP contribution < -0.4 is 0 Å². The molecule has 8 heavy (non-hydrogen) atoms. The van der Waals surface area contributed by atoms with Crippen LogP contribution in [0.15, 0.2) is 0 Å². The monoisotopic (exact) mass is 159 g/mol. The Hall–Kier alpha value is -0.0235. The second-order valence-corrected chi connectivity index (χ2v) is 2.04. The number of aliphatic carboxylic acids is 1. The molecule has 2 nitrogen and oxygen atoms in total. The molecule has 1 N–H and O–H groups in total. The van der Waals surface area contributed by atoms with E-state index in [2.05, 4.69) is 0 Å². The van der Waals surface area contributed by atoms with E-state index >= 15 is 0 Å². The van der Waals surface area contributed by atoms with E-state index < -0.39 is 5.97 Å². The van der Waals surface area contributed by atoms with Crippen LogP contribution in [-0.2, 0) is 21.6 Å². The molecule has 1 aliphatic carbocycles. The molecule has 0 heterocycles. The van der Waals surface area contributed by atoms with Crippen molar-refractivity contribution in [3.05, 3.63) is 0 Å². The number of carboxylic acid groups (broad SMARTS) is 1. The Balaban J connectivity index is 0.000000490. The SMILES string of the molecule is O=C(O)CC1CC1.[Co]. The first-order valence-electron chi connectivity index (χ1n) is 2.51. The molecule has 49 valence electrons. The van der Waals surface area contributed by atoms with Crippen LogP contribution >= 0.6 is 0 Å². The smallest absolute Gasteiger partial charge is 0.303 e. The molecule has 1 saturated carbocycles. The zero-order valence-corrected chi connectivity index (χ0v) is 5.43. The zero-order valence-electron chi connectivity index (χ0n) is 4.39. The van der Waals surface area contributed by atoms with E-state index in [4.69, 9.17) is 5.11 Å². The second kappa shape index (κ2) is 3.09. The number of carboxylic acids is 1. The fraction of sp³-hybridized carbons (Fsp3) is 0.800. The average Bonchev–Trinajstić information content (AvgIpc) is 2.17. The number of hydrogen-bond donors (Lipinski definition) is 1. The van der Waals surface area contributed by atoms with Crippen LogP contribution in [0.2, 0.25) is 0 Å². The van der Waals surface area contributed by atoms with Crippen molar-refractivity contribution < 1.29 is 26.7 Å². The van der Waals surface area contributed by atoms with Crippen molar-refractivity contribution in [1.29, 1.82) is 0 Å². The molecular formula is C5H8CoO2. The van der Waals surface area contributed by atoms with Crippen molar-refractivity contribution in [3.63, 3.8) is 0 Å². The van der Waals surface area contributed by atoms with Gasteiger partial charge in [-0.2, -0.15) is 0 Å². The van der Waals surface area contributed by atoms with E-state index in [0.29, 0.717) is 12.3 Å². The van der Waals surface area contributed by atoms with Crippen LogP contribution in [0.25, 0.3) is 0 Å². The first-order valence-corrected chi connectivity index (χ1v) is 2.51. The van der Waals surface area contributed by atoms with Gasteiger partial charge >= 0.3 is 5.97 Å². The number of rotatable bonds is 2. The maximum atomic E-state index is 9.85. The quantitative estimate of drug-likeness (QED) is 0.648. The summed E-state index contributed by atoms with van der Waals surface area (Å²) >= 11 is 0. The number of carbonyl (C=O) groups is 1. The van der Waals surface area contributed by atoms with Gasteiger partial charge in [0.25, 0.3) is 0 Å². The molecule has 0 aliphatic heterocycles. The van der Waals surface area contributed by atoms with Crippen molar-refractivity contribution in [3.8, 4) is 0 Å². The van der Waals surface area contributed by atoms with E-state index in [0.717, 1.165) is 12.8 Å². The maximum absolute atomic E-state index is 9.85. The van der Waals surface area contributed by atoms with Gasteiger partial charge in [0.05, 0.1) is 0 Å². The Morgan fingerprint density at radius 2 is 2.12 bits per heavy atom. The molecule has 1 radical (unpaired) electrons. The molecule has 0 amide bonds. The molecule has 0 unspecified atom stereocenters. The molecule has 0 bridgehead atoms. The van der Waals surface area contributed by atoms with Crippen LogP contribution in [0.1, 0.15) is 19.3 Å². The fourth-order valence-electron chi connectivity index (χ4n) is 0.569. The van der Waals surface area contributed by atoms with E-state index in [1.807, 2.05) is 0 Å². The summed E-state index contributed by atoms with van der Waals surface area (Å²) in [4.78, 5) is 9.85. The molecule has 1 rings (SSSR count). The van der Waals surface area contributed by atoms with Gasteiger partial charge in [-0.25, -0.2) is 0 Å². The first kappa shape index (κ1) is 7.98. The molecule has 0 saturated heterocycles. The van der Waals surface area contributed by atoms with Gasteiger partial charge in [0.1, 0.15) is 0 Å². The standard InChI is InChI=1S/C5H8O2.Co/c6-5(7)3-4-1-2-4;/h4H,1-3H2,(H,6,7);. The van der Waals surface area contributed by atoms with Crippen molar-refractivity contribution in [2.75, 3.05) is 0 Å². The molecule has 3 heteroatoms. The normalized spacial score (nSPS) is 17.0. The minimum Gasteiger partial charge on any atom is -0.481 e. The first-order chi connectivity index (χ1) is 3.29. The average molecular weight is 159 g/mol. The fourth-order valence-corrected chi connectivity index (χ4v) is 0.569. The third-order valence-electron chi connectivity index (χ3n) is 1.16. The predicted octanol–water partition coefficient (Wildman–Crippen LogP) is 0.869. The van der Waals surface area contributed by atoms with Crippen LogP contribution in [0, 0.1) is 5.92 Å². The van der Waals surface area contributed by atoms with Crippen molar-refractivity contribution in [2.24, 2.45) is 5.92 Å². The van der Waals surface area contributed by atoms with E-state index in [1.54, 1.807) is 0 Å². The Morgan fingerprint density at radius 1 is 1.62 bits per heavy atom. The van der Waals surface area contributed by atoms with Gasteiger partial charge in [-0.1, -0.05) is 0 Å². The van der Waals surface area contributed by atoms with Gasteiger partial charge in [0.15, 0.2) is 0 Å². The van der Waals surface area contributed by atoms with Crippen LogP contribution in [0.3, 0.4) is 0 Å². The van der Waals surface area contributed by atoms with E-state index in [1.165, 1.54) is 0 Å². The van der Waals surface area contributed by atoms with E-state index in [-0.39, 0.29) is 16.8 Å². The Labute approximate surface area is 58.5 Å². The van der Waals surface area contributed by atoms with Gasteiger partial charge in [-0.3, -0.25) is 4.79 Å². The van der Waals surface area contributed by atoms with Crippen LogP contribution in [0.5, 0.6) is 0 Å². The molecule has 0 aromatic heterocycles. The second-order valence-electron chi connectivity index (χ2n) is 2.04. The summed E-state index contributed by atoms with van der Waals surface area (Å²) in [5.74, 6) is -0.125. The maximum Gasteiger partial charge on any atom is 0.303 e. The molecule has 0 spiro atoms. The predicted molar refractivity (Wildman–Crippen MR) is 25.0 cm³/mol. The summed E-state index contributed by atoms with van der Waals surface area (Å²) in [5, 5.41) is 8.12. The summed E-state index contributed by atoms with van der Waals surface area (Å²) in [6.07, 6.45) is 2.65. The van der Waals surface area contributed by atoms with Gasteiger partial charge in [-0.15, -0.1) is 0 Å². The third kappa shape index (κ3) is 3.04. The van der Waals surface area contributed by atoms with Crippen molar-refractivity contribution in [1.82, 2.24) is 0 Å².